The van der Waals surface area contributed by atoms with Gasteiger partial charge in [-0.15, -0.1) is 0 Å². The van der Waals surface area contributed by atoms with Crippen molar-refractivity contribution in [3.8, 4) is 0 Å². The monoisotopic (exact) mass is 111 g/mol. The minimum absolute atomic E-state index is 0.775. The van der Waals surface area contributed by atoms with Crippen molar-refractivity contribution in [3.63, 3.8) is 0 Å². The minimum atomic E-state index is 0.775. The van der Waals surface area contributed by atoms with Crippen LogP contribution >= 0.6 is 0 Å². The topological polar surface area (TPSA) is 3.24 Å². The molecule has 1 aliphatic rings. The second-order valence-corrected chi connectivity index (χ2v) is 2.84. The Hall–Kier alpha value is 0.0249. The fourth-order valence-corrected chi connectivity index (χ4v) is 1.26. The number of nitrogens with zero attached hydrogens (tertiary/aromatic N) is 1. The molecular formula is C6H14BN. The first-order chi connectivity index (χ1) is 3.80. The Morgan fingerprint density at radius 3 is 2.50 bits per heavy atom. The molecule has 0 amide bonds. The summed E-state index contributed by atoms with van der Waals surface area (Å²) in [7, 11) is 1.33. The van der Waals surface area contributed by atoms with Gasteiger partial charge in [0, 0.05) is 0 Å². The summed E-state index contributed by atoms with van der Waals surface area (Å²) in [4.78, 5) is 2.53. The van der Waals surface area contributed by atoms with E-state index < -0.39 is 0 Å². The molecule has 0 radical (unpaired) electrons. The van der Waals surface area contributed by atoms with Gasteiger partial charge in [-0.2, -0.15) is 0 Å². The highest BCUT2D eigenvalue weighted by atomic mass is 15.1. The van der Waals surface area contributed by atoms with Crippen LogP contribution in [0.1, 0.15) is 20.3 Å². The fraction of sp³-hybridized carbons (Fsp3) is 1.00. The van der Waals surface area contributed by atoms with Gasteiger partial charge in [-0.25, -0.2) is 0 Å². The van der Waals surface area contributed by atoms with E-state index in [2.05, 4.69) is 18.7 Å². The molecule has 0 bridgehead atoms. The first kappa shape index (κ1) is 6.15. The second kappa shape index (κ2) is 2.54. The molecule has 0 aromatic heterocycles. The van der Waals surface area contributed by atoms with Crippen LogP contribution in [-0.2, 0) is 0 Å². The van der Waals surface area contributed by atoms with Crippen LogP contribution in [0.15, 0.2) is 0 Å². The van der Waals surface area contributed by atoms with Crippen molar-refractivity contribution in [2.24, 2.45) is 0 Å². The molecular weight excluding hydrogens is 96.9 g/mol. The van der Waals surface area contributed by atoms with Gasteiger partial charge in [0.2, 0.25) is 7.41 Å². The summed E-state index contributed by atoms with van der Waals surface area (Å²) >= 11 is 0. The smallest absolute Gasteiger partial charge is 0.204 e. The third-order valence-electron chi connectivity index (χ3n) is 1.87. The molecule has 1 heterocycles. The summed E-state index contributed by atoms with van der Waals surface area (Å²) in [6, 6.07) is 0.775. The van der Waals surface area contributed by atoms with Crippen LogP contribution in [0.25, 0.3) is 0 Å². The van der Waals surface area contributed by atoms with E-state index in [4.69, 9.17) is 0 Å². The molecule has 1 nitrogen and oxygen atoms in total. The number of hydrogen-bond donors (Lipinski definition) is 0. The molecule has 0 aromatic rings. The van der Waals surface area contributed by atoms with Gasteiger partial charge in [-0.3, -0.25) is 0 Å². The minimum Gasteiger partial charge on any atom is -0.343 e. The first-order valence-electron chi connectivity index (χ1n) is 3.55. The third kappa shape index (κ3) is 1.25. The number of rotatable bonds is 1. The highest BCUT2D eigenvalue weighted by Gasteiger charge is 2.14. The lowest BCUT2D eigenvalue weighted by Crippen LogP contribution is -2.29. The van der Waals surface area contributed by atoms with Crippen molar-refractivity contribution in [3.05, 3.63) is 0 Å². The lowest BCUT2D eigenvalue weighted by atomic mass is 9.90. The molecule has 0 N–H and O–H groups in total. The second-order valence-electron chi connectivity index (χ2n) is 2.84. The van der Waals surface area contributed by atoms with Crippen LogP contribution in [0.2, 0.25) is 6.32 Å². The van der Waals surface area contributed by atoms with Gasteiger partial charge in [0.1, 0.15) is 0 Å². The maximum absolute atomic E-state index is 2.53. The van der Waals surface area contributed by atoms with E-state index in [0.29, 0.717) is 0 Å². The zero-order valence-electron chi connectivity index (χ0n) is 5.85. The van der Waals surface area contributed by atoms with Gasteiger partial charge in [0.25, 0.3) is 0 Å². The third-order valence-corrected chi connectivity index (χ3v) is 1.87. The van der Waals surface area contributed by atoms with Crippen LogP contribution in [0.3, 0.4) is 0 Å². The van der Waals surface area contributed by atoms with Crippen molar-refractivity contribution < 1.29 is 0 Å². The van der Waals surface area contributed by atoms with Crippen LogP contribution in [0.4, 0.5) is 0 Å². The van der Waals surface area contributed by atoms with E-state index in [1.165, 1.54) is 26.7 Å². The van der Waals surface area contributed by atoms with Crippen molar-refractivity contribution in [2.45, 2.75) is 32.6 Å². The van der Waals surface area contributed by atoms with E-state index in [-0.39, 0.29) is 0 Å². The quantitative estimate of drug-likeness (QED) is 0.454. The summed E-state index contributed by atoms with van der Waals surface area (Å²) in [6.07, 6.45) is 2.83. The molecule has 0 unspecified atom stereocenters. The van der Waals surface area contributed by atoms with Crippen molar-refractivity contribution in [1.29, 1.82) is 0 Å². The summed E-state index contributed by atoms with van der Waals surface area (Å²) in [5.74, 6) is 0. The average molecular weight is 111 g/mol. The van der Waals surface area contributed by atoms with Gasteiger partial charge in [0.05, 0.1) is 0 Å². The Balaban J connectivity index is 2.24. The summed E-state index contributed by atoms with van der Waals surface area (Å²) in [6.45, 7) is 5.87. The molecule has 1 saturated heterocycles. The first-order valence-corrected chi connectivity index (χ1v) is 3.55. The van der Waals surface area contributed by atoms with Crippen LogP contribution in [0.5, 0.6) is 0 Å². The highest BCUT2D eigenvalue weighted by molar-refractivity contribution is 6.33. The Labute approximate surface area is 52.3 Å². The average Bonchev–Trinajstić information content (AvgIpc) is 2.12. The van der Waals surface area contributed by atoms with Crippen molar-refractivity contribution in [2.75, 3.05) is 6.54 Å². The summed E-state index contributed by atoms with van der Waals surface area (Å²) in [5, 5.41) is 0. The van der Waals surface area contributed by atoms with Gasteiger partial charge < -0.3 is 4.81 Å². The summed E-state index contributed by atoms with van der Waals surface area (Å²) < 4.78 is 0. The maximum atomic E-state index is 2.53. The van der Waals surface area contributed by atoms with Crippen LogP contribution in [-0.4, -0.2) is 24.8 Å². The maximum Gasteiger partial charge on any atom is 0.204 e. The van der Waals surface area contributed by atoms with E-state index >= 15 is 0 Å². The molecule has 0 aliphatic carbocycles. The van der Waals surface area contributed by atoms with Crippen molar-refractivity contribution in [1.82, 2.24) is 4.81 Å². The molecule has 46 valence electrons. The van der Waals surface area contributed by atoms with E-state index in [1.807, 2.05) is 0 Å². The standard InChI is InChI=1S/C6H14BN/c1-6(2)8-5-3-4-7-8/h6-7H,3-5H2,1-2H3. The van der Waals surface area contributed by atoms with E-state index in [9.17, 15) is 0 Å². The largest absolute Gasteiger partial charge is 0.343 e. The molecule has 2 heteroatoms. The van der Waals surface area contributed by atoms with Crippen molar-refractivity contribution >= 4 is 7.41 Å². The highest BCUT2D eigenvalue weighted by Crippen LogP contribution is 2.08. The Kier molecular flexibility index (Phi) is 1.95. The van der Waals surface area contributed by atoms with E-state index in [0.717, 1.165) is 6.04 Å². The lowest BCUT2D eigenvalue weighted by molar-refractivity contribution is 0.397. The predicted molar refractivity (Wildman–Crippen MR) is 38.4 cm³/mol. The van der Waals surface area contributed by atoms with Crippen LogP contribution < -0.4 is 0 Å². The van der Waals surface area contributed by atoms with Gasteiger partial charge >= 0.3 is 0 Å². The van der Waals surface area contributed by atoms with Gasteiger partial charge in [-0.05, 0) is 19.0 Å². The van der Waals surface area contributed by atoms with Crippen LogP contribution in [0, 0.1) is 0 Å². The molecule has 0 aromatic carbocycles. The fourth-order valence-electron chi connectivity index (χ4n) is 1.26. The summed E-state index contributed by atoms with van der Waals surface area (Å²) in [5.41, 5.74) is 0. The zero-order chi connectivity index (χ0) is 5.98. The molecule has 8 heavy (non-hydrogen) atoms. The Bertz CT molecular complexity index is 66.9. The molecule has 0 spiro atoms. The molecule has 1 rings (SSSR count). The predicted octanol–water partition coefficient (Wildman–Crippen LogP) is 0.870. The number of hydrogen-bond acceptors (Lipinski definition) is 1. The van der Waals surface area contributed by atoms with E-state index in [1.54, 1.807) is 0 Å². The van der Waals surface area contributed by atoms with Gasteiger partial charge in [-0.1, -0.05) is 20.2 Å². The van der Waals surface area contributed by atoms with Gasteiger partial charge in [0.15, 0.2) is 0 Å². The normalized spacial score (nSPS) is 21.9. The Morgan fingerprint density at radius 2 is 2.25 bits per heavy atom. The molecule has 1 aliphatic heterocycles. The Morgan fingerprint density at radius 1 is 1.50 bits per heavy atom. The molecule has 0 saturated carbocycles. The molecule has 0 atom stereocenters. The molecule has 1 fully saturated rings. The SMILES string of the molecule is CC(C)N1BCCC1. The lowest BCUT2D eigenvalue weighted by Gasteiger charge is -2.18. The zero-order valence-corrected chi connectivity index (χ0v) is 5.85.